The van der Waals surface area contributed by atoms with Gasteiger partial charge in [-0.05, 0) is 42.7 Å². The van der Waals surface area contributed by atoms with Gasteiger partial charge in [0.25, 0.3) is 0 Å². The van der Waals surface area contributed by atoms with E-state index in [0.29, 0.717) is 25.9 Å². The molecule has 1 aliphatic heterocycles. The van der Waals surface area contributed by atoms with Crippen molar-refractivity contribution in [1.82, 2.24) is 10.2 Å². The normalized spacial score (nSPS) is 18.4. The predicted molar refractivity (Wildman–Crippen MR) is 89.7 cm³/mol. The number of carbonyl (C=O) groups is 3. The summed E-state index contributed by atoms with van der Waals surface area (Å²) < 4.78 is 0. The summed E-state index contributed by atoms with van der Waals surface area (Å²) in [6.45, 7) is 1.33. The second kappa shape index (κ2) is 6.93. The van der Waals surface area contributed by atoms with E-state index < -0.39 is 11.5 Å². The van der Waals surface area contributed by atoms with Gasteiger partial charge in [-0.2, -0.15) is 0 Å². The molecule has 0 bridgehead atoms. The molecule has 0 radical (unpaired) electrons. The smallest absolute Gasteiger partial charge is 0.305 e. The Balaban J connectivity index is 1.46. The third-order valence-corrected chi connectivity index (χ3v) is 5.95. The van der Waals surface area contributed by atoms with Crippen LogP contribution in [0, 0.1) is 0 Å². The van der Waals surface area contributed by atoms with Crippen LogP contribution in [0.4, 0.5) is 0 Å². The lowest BCUT2D eigenvalue weighted by Crippen LogP contribution is -2.54. The summed E-state index contributed by atoms with van der Waals surface area (Å²) in [5.41, 5.74) is 0.613. The summed E-state index contributed by atoms with van der Waals surface area (Å²) in [7, 11) is 0. The maximum absolute atomic E-state index is 12.3. The first kappa shape index (κ1) is 17.0. The van der Waals surface area contributed by atoms with E-state index in [1.165, 1.54) is 10.4 Å². The van der Waals surface area contributed by atoms with Crippen molar-refractivity contribution in [3.8, 4) is 0 Å². The van der Waals surface area contributed by atoms with Gasteiger partial charge in [0.1, 0.15) is 0 Å². The molecule has 0 spiro atoms. The Bertz CT molecular complexity index is 651. The van der Waals surface area contributed by atoms with Crippen LogP contribution in [0.3, 0.4) is 0 Å². The van der Waals surface area contributed by atoms with Crippen LogP contribution in [0.15, 0.2) is 11.4 Å². The van der Waals surface area contributed by atoms with Gasteiger partial charge >= 0.3 is 5.97 Å². The molecule has 2 heterocycles. The van der Waals surface area contributed by atoms with Crippen molar-refractivity contribution in [2.45, 2.75) is 57.0 Å². The van der Waals surface area contributed by atoms with Gasteiger partial charge in [-0.1, -0.05) is 0 Å². The minimum Gasteiger partial charge on any atom is -0.481 e. The number of nitrogens with one attached hydrogen (secondary N) is 1. The molecule has 0 saturated heterocycles. The molecule has 1 aliphatic carbocycles. The number of thiophene rings is 1. The molecule has 2 aliphatic rings. The molecular formula is C17H22N2O4S. The first-order valence-electron chi connectivity index (χ1n) is 8.33. The molecular weight excluding hydrogens is 328 g/mol. The van der Waals surface area contributed by atoms with Crippen LogP contribution in [0.5, 0.6) is 0 Å². The molecule has 1 aromatic heterocycles. The fourth-order valence-corrected chi connectivity index (χ4v) is 4.33. The van der Waals surface area contributed by atoms with E-state index in [9.17, 15) is 14.4 Å². The van der Waals surface area contributed by atoms with E-state index >= 15 is 0 Å². The highest BCUT2D eigenvalue weighted by Crippen LogP contribution is 2.35. The van der Waals surface area contributed by atoms with Crippen LogP contribution >= 0.6 is 11.3 Å². The van der Waals surface area contributed by atoms with Crippen molar-refractivity contribution in [1.29, 1.82) is 0 Å². The van der Waals surface area contributed by atoms with E-state index in [4.69, 9.17) is 5.11 Å². The van der Waals surface area contributed by atoms with E-state index in [-0.39, 0.29) is 31.1 Å². The molecule has 1 aromatic rings. The Hall–Kier alpha value is -1.89. The lowest BCUT2D eigenvalue weighted by molar-refractivity contribution is -0.141. The maximum Gasteiger partial charge on any atom is 0.305 e. The van der Waals surface area contributed by atoms with Crippen LogP contribution in [0.1, 0.15) is 49.0 Å². The van der Waals surface area contributed by atoms with Gasteiger partial charge in [-0.25, -0.2) is 0 Å². The summed E-state index contributed by atoms with van der Waals surface area (Å²) in [5.74, 6) is -1.13. The lowest BCUT2D eigenvalue weighted by atomic mass is 9.74. The monoisotopic (exact) mass is 350 g/mol. The summed E-state index contributed by atoms with van der Waals surface area (Å²) >= 11 is 1.73. The molecule has 2 amide bonds. The zero-order valence-electron chi connectivity index (χ0n) is 13.5. The molecule has 1 saturated carbocycles. The Morgan fingerprint density at radius 2 is 2.08 bits per heavy atom. The molecule has 24 heavy (non-hydrogen) atoms. The summed E-state index contributed by atoms with van der Waals surface area (Å²) in [5, 5.41) is 13.9. The van der Waals surface area contributed by atoms with Crippen molar-refractivity contribution in [2.75, 3.05) is 6.54 Å². The third kappa shape index (κ3) is 3.77. The molecule has 0 atom stereocenters. The number of carbonyl (C=O) groups excluding carboxylic acids is 2. The van der Waals surface area contributed by atoms with Crippen LogP contribution in [-0.2, 0) is 27.3 Å². The fourth-order valence-electron chi connectivity index (χ4n) is 3.44. The highest BCUT2D eigenvalue weighted by atomic mass is 32.1. The van der Waals surface area contributed by atoms with Crippen LogP contribution in [0.2, 0.25) is 0 Å². The van der Waals surface area contributed by atoms with Crippen molar-refractivity contribution >= 4 is 29.1 Å². The number of rotatable bonds is 6. The average Bonchev–Trinajstić information content (AvgIpc) is 2.97. The third-order valence-electron chi connectivity index (χ3n) is 4.93. The van der Waals surface area contributed by atoms with Gasteiger partial charge in [0, 0.05) is 30.8 Å². The highest BCUT2D eigenvalue weighted by molar-refractivity contribution is 7.10. The number of aliphatic carboxylic acids is 1. The lowest BCUT2D eigenvalue weighted by Gasteiger charge is -2.41. The van der Waals surface area contributed by atoms with Crippen molar-refractivity contribution in [3.05, 3.63) is 21.9 Å². The number of hydrogen-bond donors (Lipinski definition) is 2. The molecule has 6 nitrogen and oxygen atoms in total. The number of carboxylic acid groups (broad SMARTS) is 1. The van der Waals surface area contributed by atoms with E-state index in [2.05, 4.69) is 11.4 Å². The second-order valence-corrected chi connectivity index (χ2v) is 7.69. The molecule has 7 heteroatoms. The van der Waals surface area contributed by atoms with Crippen molar-refractivity contribution in [2.24, 2.45) is 0 Å². The Labute approximate surface area is 144 Å². The average molecular weight is 350 g/mol. The molecule has 0 aromatic carbocycles. The minimum atomic E-state index is -0.897. The van der Waals surface area contributed by atoms with Crippen LogP contribution in [0.25, 0.3) is 0 Å². The number of nitrogens with zero attached hydrogens (tertiary/aromatic N) is 1. The van der Waals surface area contributed by atoms with Gasteiger partial charge in [0.15, 0.2) is 0 Å². The Morgan fingerprint density at radius 1 is 1.29 bits per heavy atom. The Kier molecular flexibility index (Phi) is 4.89. The Morgan fingerprint density at radius 3 is 2.75 bits per heavy atom. The van der Waals surface area contributed by atoms with Crippen LogP contribution < -0.4 is 5.32 Å². The van der Waals surface area contributed by atoms with Gasteiger partial charge in [0.05, 0.1) is 12.0 Å². The maximum atomic E-state index is 12.3. The number of hydrogen-bond acceptors (Lipinski definition) is 4. The number of fused-ring (bicyclic) bond motifs is 1. The predicted octanol–water partition coefficient (Wildman–Crippen LogP) is 1.93. The van der Waals surface area contributed by atoms with Crippen molar-refractivity contribution < 1.29 is 19.5 Å². The quantitative estimate of drug-likeness (QED) is 0.821. The zero-order chi connectivity index (χ0) is 17.2. The van der Waals surface area contributed by atoms with Gasteiger partial charge in [-0.15, -0.1) is 11.3 Å². The summed E-state index contributed by atoms with van der Waals surface area (Å²) in [4.78, 5) is 38.5. The van der Waals surface area contributed by atoms with Gasteiger partial charge in [-0.3, -0.25) is 14.4 Å². The molecule has 1 fully saturated rings. The van der Waals surface area contributed by atoms with Crippen LogP contribution in [-0.4, -0.2) is 39.9 Å². The zero-order valence-corrected chi connectivity index (χ0v) is 14.4. The largest absolute Gasteiger partial charge is 0.481 e. The minimum absolute atomic E-state index is 0.0112. The van der Waals surface area contributed by atoms with E-state index in [0.717, 1.165) is 12.8 Å². The summed E-state index contributed by atoms with van der Waals surface area (Å²) in [6, 6.07) is 2.05. The van der Waals surface area contributed by atoms with E-state index in [1.807, 2.05) is 5.38 Å². The number of carboxylic acids is 1. The van der Waals surface area contributed by atoms with Crippen molar-refractivity contribution in [3.63, 3.8) is 0 Å². The topological polar surface area (TPSA) is 86.7 Å². The highest BCUT2D eigenvalue weighted by Gasteiger charge is 2.40. The first-order chi connectivity index (χ1) is 11.5. The molecule has 130 valence electrons. The second-order valence-electron chi connectivity index (χ2n) is 6.69. The summed E-state index contributed by atoms with van der Waals surface area (Å²) in [6.07, 6.45) is 3.47. The SMILES string of the molecule is O=C(O)CC1(NC(=O)CCC(=O)N2CCc3sccc3C2)CCC1. The molecule has 0 unspecified atom stereocenters. The first-order valence-corrected chi connectivity index (χ1v) is 9.21. The van der Waals surface area contributed by atoms with Gasteiger partial charge < -0.3 is 15.3 Å². The van der Waals surface area contributed by atoms with E-state index in [1.54, 1.807) is 16.2 Å². The van der Waals surface area contributed by atoms with Gasteiger partial charge in [0.2, 0.25) is 11.8 Å². The molecule has 3 rings (SSSR count). The fraction of sp³-hybridized carbons (Fsp3) is 0.588. The standard InChI is InChI=1S/C17H22N2O4S/c20-14(18-17(6-1-7-17)10-16(22)23)2-3-15(21)19-8-4-13-12(11-19)5-9-24-13/h5,9H,1-4,6-8,10-11H2,(H,18,20)(H,22,23). The number of amides is 2. The molecule has 2 N–H and O–H groups in total.